The van der Waals surface area contributed by atoms with Crippen molar-refractivity contribution >= 4 is 36.1 Å². The number of nitrogens with zero attached hydrogens (tertiary/aromatic N) is 1. The van der Waals surface area contributed by atoms with E-state index in [4.69, 9.17) is 21.1 Å². The highest BCUT2D eigenvalue weighted by Crippen LogP contribution is 2.34. The van der Waals surface area contributed by atoms with Gasteiger partial charge in [-0.3, -0.25) is 0 Å². The quantitative estimate of drug-likeness (QED) is 0.353. The van der Waals surface area contributed by atoms with Gasteiger partial charge >= 0.3 is 12.1 Å². The van der Waals surface area contributed by atoms with Crippen LogP contribution in [0.5, 0.6) is 0 Å². The van der Waals surface area contributed by atoms with Gasteiger partial charge in [-0.15, -0.1) is 12.4 Å². The van der Waals surface area contributed by atoms with E-state index in [1.165, 1.54) is 13.5 Å². The Hall–Kier alpha value is -1.78. The summed E-state index contributed by atoms with van der Waals surface area (Å²) in [6.45, 7) is 4.21. The second-order valence-corrected chi connectivity index (χ2v) is 10.0. The van der Waals surface area contributed by atoms with Gasteiger partial charge in [0.05, 0.1) is 19.8 Å². The van der Waals surface area contributed by atoms with Crippen molar-refractivity contribution in [1.82, 2.24) is 20.9 Å². The van der Waals surface area contributed by atoms with Crippen molar-refractivity contribution in [2.75, 3.05) is 60.2 Å². The second-order valence-electron chi connectivity index (χ2n) is 9.60. The van der Waals surface area contributed by atoms with Crippen LogP contribution >= 0.6 is 24.0 Å². The molecular formula is C26H42Cl2N4O5. The first-order valence-corrected chi connectivity index (χ1v) is 13.3. The first-order chi connectivity index (χ1) is 17.5. The van der Waals surface area contributed by atoms with Crippen LogP contribution in [-0.2, 0) is 14.2 Å². The van der Waals surface area contributed by atoms with Crippen molar-refractivity contribution in [3.05, 3.63) is 34.9 Å². The van der Waals surface area contributed by atoms with Crippen molar-refractivity contribution in [3.63, 3.8) is 0 Å². The molecule has 9 nitrogen and oxygen atoms in total. The van der Waals surface area contributed by atoms with Crippen LogP contribution in [0.3, 0.4) is 0 Å². The summed E-state index contributed by atoms with van der Waals surface area (Å²) in [6.07, 6.45) is 4.38. The molecule has 2 aliphatic rings. The standard InChI is InChI=1S/C26H41ClN4O5.ClH/c1-28-23(14-19-6-5-12-35-18-19)16-30-25(32)31-11-4-8-21(17-31)24(20-7-3-9-22(27)15-20)36-13-10-29-26(33)34-2;/h3,7,9,15,19,21,23-24,28H,4-6,8,10-14,16-18H2,1-2H3,(H,29,33)(H,30,32);1H. The number of ether oxygens (including phenoxy) is 3. The van der Waals surface area contributed by atoms with Gasteiger partial charge in [-0.05, 0) is 62.8 Å². The average Bonchev–Trinajstić information content (AvgIpc) is 2.91. The molecule has 0 radical (unpaired) electrons. The van der Waals surface area contributed by atoms with E-state index in [2.05, 4.69) is 20.7 Å². The van der Waals surface area contributed by atoms with Crippen LogP contribution in [0.2, 0.25) is 5.02 Å². The molecule has 0 spiro atoms. The minimum absolute atomic E-state index is 0. The zero-order valence-corrected chi connectivity index (χ0v) is 23.5. The van der Waals surface area contributed by atoms with Crippen LogP contribution in [0.15, 0.2) is 24.3 Å². The van der Waals surface area contributed by atoms with E-state index in [9.17, 15) is 9.59 Å². The highest BCUT2D eigenvalue weighted by molar-refractivity contribution is 6.30. The fourth-order valence-corrected chi connectivity index (χ4v) is 5.26. The summed E-state index contributed by atoms with van der Waals surface area (Å²) in [4.78, 5) is 26.3. The van der Waals surface area contributed by atoms with Gasteiger partial charge < -0.3 is 35.1 Å². The molecule has 2 heterocycles. The predicted molar refractivity (Wildman–Crippen MR) is 147 cm³/mol. The van der Waals surface area contributed by atoms with E-state index in [1.54, 1.807) is 0 Å². The van der Waals surface area contributed by atoms with Crippen molar-refractivity contribution in [1.29, 1.82) is 0 Å². The Morgan fingerprint density at radius 1 is 1.24 bits per heavy atom. The number of likely N-dealkylation sites (N-methyl/N-ethyl adjacent to an activating group) is 1. The molecule has 0 aromatic heterocycles. The number of nitrogens with one attached hydrogen (secondary N) is 3. The number of rotatable bonds is 11. The van der Waals surface area contributed by atoms with E-state index < -0.39 is 6.09 Å². The number of carbonyl (C=O) groups is 2. The molecule has 2 aliphatic heterocycles. The molecule has 210 valence electrons. The minimum atomic E-state index is -0.491. The summed E-state index contributed by atoms with van der Waals surface area (Å²) in [7, 11) is 3.27. The monoisotopic (exact) mass is 560 g/mol. The maximum absolute atomic E-state index is 13.1. The summed E-state index contributed by atoms with van der Waals surface area (Å²) in [5, 5.41) is 9.76. The Balaban J connectivity index is 0.00000481. The number of halogens is 2. The SMILES string of the molecule is CNC(CNC(=O)N1CCCC(C(OCCNC(=O)OC)c2cccc(Cl)c2)C1)CC1CCCOC1.Cl. The molecule has 4 unspecified atom stereocenters. The lowest BCUT2D eigenvalue weighted by molar-refractivity contribution is -0.00851. The number of piperidine rings is 1. The topological polar surface area (TPSA) is 101 Å². The van der Waals surface area contributed by atoms with Crippen LogP contribution in [0.1, 0.15) is 43.8 Å². The largest absolute Gasteiger partial charge is 0.453 e. The first-order valence-electron chi connectivity index (χ1n) is 13.0. The van der Waals surface area contributed by atoms with Crippen molar-refractivity contribution in [2.24, 2.45) is 11.8 Å². The summed E-state index contributed by atoms with van der Waals surface area (Å²) in [5.41, 5.74) is 0.970. The first kappa shape index (κ1) is 31.4. The van der Waals surface area contributed by atoms with Crippen LogP contribution in [-0.4, -0.2) is 83.2 Å². The second kappa shape index (κ2) is 16.9. The number of hydrogen-bond donors (Lipinski definition) is 3. The van der Waals surface area contributed by atoms with Crippen molar-refractivity contribution in [2.45, 2.75) is 44.2 Å². The maximum Gasteiger partial charge on any atom is 0.406 e. The molecule has 3 amide bonds. The van der Waals surface area contributed by atoms with Gasteiger partial charge in [0.2, 0.25) is 0 Å². The van der Waals surface area contributed by atoms with Gasteiger partial charge in [-0.25, -0.2) is 9.59 Å². The fourth-order valence-electron chi connectivity index (χ4n) is 5.06. The van der Waals surface area contributed by atoms with E-state index >= 15 is 0 Å². The zero-order valence-electron chi connectivity index (χ0n) is 21.9. The number of urea groups is 1. The van der Waals surface area contributed by atoms with E-state index in [0.29, 0.717) is 37.2 Å². The molecular weight excluding hydrogens is 519 g/mol. The Morgan fingerprint density at radius 2 is 2.08 bits per heavy atom. The summed E-state index contributed by atoms with van der Waals surface area (Å²) >= 11 is 6.27. The Bertz CT molecular complexity index is 828. The molecule has 0 bridgehead atoms. The Labute approximate surface area is 231 Å². The minimum Gasteiger partial charge on any atom is -0.453 e. The average molecular weight is 562 g/mol. The summed E-state index contributed by atoms with van der Waals surface area (Å²) in [5.74, 6) is 0.650. The molecule has 3 N–H and O–H groups in total. The molecule has 0 saturated carbocycles. The molecule has 1 aromatic carbocycles. The Kier molecular flexibility index (Phi) is 14.4. The van der Waals surface area contributed by atoms with E-state index in [0.717, 1.165) is 51.0 Å². The van der Waals surface area contributed by atoms with Crippen LogP contribution in [0.4, 0.5) is 9.59 Å². The zero-order chi connectivity index (χ0) is 25.8. The third kappa shape index (κ3) is 10.5. The molecule has 4 atom stereocenters. The molecule has 0 aliphatic carbocycles. The molecule has 37 heavy (non-hydrogen) atoms. The van der Waals surface area contributed by atoms with Gasteiger partial charge in [0.15, 0.2) is 0 Å². The number of methoxy groups -OCH3 is 1. The summed E-state index contributed by atoms with van der Waals surface area (Å²) < 4.78 is 16.5. The van der Waals surface area contributed by atoms with Gasteiger partial charge in [0.1, 0.15) is 0 Å². The van der Waals surface area contributed by atoms with Gasteiger partial charge in [-0.2, -0.15) is 0 Å². The molecule has 11 heteroatoms. The molecule has 2 fully saturated rings. The number of amides is 3. The highest BCUT2D eigenvalue weighted by atomic mass is 35.5. The number of likely N-dealkylation sites (tertiary alicyclic amines) is 1. The smallest absolute Gasteiger partial charge is 0.406 e. The lowest BCUT2D eigenvalue weighted by Gasteiger charge is -2.37. The molecule has 3 rings (SSSR count). The third-order valence-corrected chi connectivity index (χ3v) is 7.22. The van der Waals surface area contributed by atoms with Crippen LogP contribution in [0, 0.1) is 11.8 Å². The molecule has 1 aromatic rings. The Morgan fingerprint density at radius 3 is 2.78 bits per heavy atom. The van der Waals surface area contributed by atoms with Gasteiger partial charge in [0.25, 0.3) is 0 Å². The van der Waals surface area contributed by atoms with E-state index in [1.807, 2.05) is 36.2 Å². The number of benzene rings is 1. The molecule has 2 saturated heterocycles. The lowest BCUT2D eigenvalue weighted by atomic mass is 9.88. The number of carbonyl (C=O) groups excluding carboxylic acids is 2. The third-order valence-electron chi connectivity index (χ3n) is 6.99. The number of hydrogen-bond acceptors (Lipinski definition) is 6. The maximum atomic E-state index is 13.1. The predicted octanol–water partition coefficient (Wildman–Crippen LogP) is 4.00. The van der Waals surface area contributed by atoms with Gasteiger partial charge in [0, 0.05) is 56.4 Å². The van der Waals surface area contributed by atoms with E-state index in [-0.39, 0.29) is 36.5 Å². The van der Waals surface area contributed by atoms with Crippen molar-refractivity contribution in [3.8, 4) is 0 Å². The van der Waals surface area contributed by atoms with Crippen LogP contribution in [0.25, 0.3) is 0 Å². The van der Waals surface area contributed by atoms with Gasteiger partial charge in [-0.1, -0.05) is 23.7 Å². The number of alkyl carbamates (subject to hydrolysis) is 1. The van der Waals surface area contributed by atoms with Crippen molar-refractivity contribution < 1.29 is 23.8 Å². The van der Waals surface area contributed by atoms with Crippen LogP contribution < -0.4 is 16.0 Å². The fraction of sp³-hybridized carbons (Fsp3) is 0.692. The lowest BCUT2D eigenvalue weighted by Crippen LogP contribution is -2.50. The normalized spacial score (nSPS) is 21.3. The summed E-state index contributed by atoms with van der Waals surface area (Å²) in [6, 6.07) is 7.81. The highest BCUT2D eigenvalue weighted by Gasteiger charge is 2.31.